The molecule has 3 saturated heterocycles. The van der Waals surface area contributed by atoms with Gasteiger partial charge in [0.05, 0.1) is 30.1 Å². The summed E-state index contributed by atoms with van der Waals surface area (Å²) in [5.74, 6) is 1.60. The number of hydrogen-bond acceptors (Lipinski definition) is 9. The summed E-state index contributed by atoms with van der Waals surface area (Å²) in [6.45, 7) is 6.69. The highest BCUT2D eigenvalue weighted by Gasteiger charge is 2.44. The van der Waals surface area contributed by atoms with Crippen LogP contribution in [-0.4, -0.2) is 61.7 Å². The summed E-state index contributed by atoms with van der Waals surface area (Å²) in [5, 5.41) is 14.3. The van der Waals surface area contributed by atoms with Crippen molar-refractivity contribution in [1.29, 1.82) is 5.26 Å². The minimum absolute atomic E-state index is 0.473. The predicted molar refractivity (Wildman–Crippen MR) is 164 cm³/mol. The molecule has 0 aliphatic carbocycles. The Morgan fingerprint density at radius 1 is 0.977 bits per heavy atom. The first kappa shape index (κ1) is 27.0. The van der Waals surface area contributed by atoms with Crippen molar-refractivity contribution in [2.45, 2.75) is 44.4 Å². The van der Waals surface area contributed by atoms with Gasteiger partial charge in [0.1, 0.15) is 11.9 Å². The number of methoxy groups -OCH3 is 1. The maximum atomic E-state index is 9.81. The number of nitriles is 1. The molecule has 2 atom stereocenters. The Morgan fingerprint density at radius 3 is 2.44 bits per heavy atom. The predicted octanol–water partition coefficient (Wildman–Crippen LogP) is 4.39. The average molecular weight is 572 g/mol. The molecule has 8 rings (SSSR count). The average Bonchev–Trinajstić information content (AvgIpc) is 3.46. The molecule has 2 unspecified atom stereocenters. The van der Waals surface area contributed by atoms with Gasteiger partial charge in [0.2, 0.25) is 5.88 Å². The van der Waals surface area contributed by atoms with Crippen LogP contribution in [0, 0.1) is 11.3 Å². The van der Waals surface area contributed by atoms with Crippen molar-refractivity contribution < 1.29 is 4.74 Å². The molecule has 0 spiro atoms. The van der Waals surface area contributed by atoms with Gasteiger partial charge in [-0.3, -0.25) is 9.88 Å². The highest BCUT2D eigenvalue weighted by molar-refractivity contribution is 5.87. The van der Waals surface area contributed by atoms with Crippen LogP contribution >= 0.6 is 0 Å². The Kier molecular flexibility index (Phi) is 6.57. The molecular formula is C33H33N9O. The number of piperidine rings is 1. The summed E-state index contributed by atoms with van der Waals surface area (Å²) in [7, 11) is 1.64. The molecule has 0 aromatic carbocycles. The van der Waals surface area contributed by atoms with Crippen LogP contribution in [0.2, 0.25) is 0 Å². The molecule has 43 heavy (non-hydrogen) atoms. The SMILES string of the molecule is COc1ccc(CN2C3CC2CN(c2ccc(-c4cc(-c5ccc(C(C)(C)N)cn5)cn5ncc(C#N)c45)cn2)C3)cn1. The van der Waals surface area contributed by atoms with Crippen LogP contribution in [0.5, 0.6) is 5.88 Å². The van der Waals surface area contributed by atoms with Crippen LogP contribution in [-0.2, 0) is 12.1 Å². The minimum atomic E-state index is -0.473. The van der Waals surface area contributed by atoms with Crippen LogP contribution in [0.15, 0.2) is 73.4 Å². The van der Waals surface area contributed by atoms with Crippen molar-refractivity contribution >= 4 is 11.3 Å². The van der Waals surface area contributed by atoms with Crippen molar-refractivity contribution in [3.8, 4) is 34.3 Å². The number of fused-ring (bicyclic) bond motifs is 3. The molecule has 2 bridgehead atoms. The van der Waals surface area contributed by atoms with Crippen LogP contribution < -0.4 is 15.4 Å². The number of anilines is 1. The van der Waals surface area contributed by atoms with E-state index in [1.54, 1.807) is 17.8 Å². The smallest absolute Gasteiger partial charge is 0.212 e. The second kappa shape index (κ2) is 10.5. The normalized spacial score (nSPS) is 18.3. The summed E-state index contributed by atoms with van der Waals surface area (Å²) in [4.78, 5) is 18.9. The highest BCUT2D eigenvalue weighted by Crippen LogP contribution is 2.37. The number of hydrogen-bond donors (Lipinski definition) is 1. The molecule has 0 radical (unpaired) electrons. The fraction of sp³-hybridized carbons (Fsp3) is 0.303. The summed E-state index contributed by atoms with van der Waals surface area (Å²) in [6, 6.07) is 17.5. The van der Waals surface area contributed by atoms with Gasteiger partial charge in [-0.2, -0.15) is 10.4 Å². The molecule has 2 N–H and O–H groups in total. The van der Waals surface area contributed by atoms with Gasteiger partial charge < -0.3 is 15.4 Å². The first-order chi connectivity index (χ1) is 20.8. The van der Waals surface area contributed by atoms with E-state index in [2.05, 4.69) is 55.2 Å². The van der Waals surface area contributed by atoms with E-state index in [0.717, 1.165) is 58.9 Å². The third-order valence-corrected chi connectivity index (χ3v) is 8.63. The van der Waals surface area contributed by atoms with E-state index in [4.69, 9.17) is 15.5 Å². The largest absolute Gasteiger partial charge is 0.481 e. The fourth-order valence-electron chi connectivity index (χ4n) is 6.21. The minimum Gasteiger partial charge on any atom is -0.481 e. The lowest BCUT2D eigenvalue weighted by atomic mass is 9.87. The fourth-order valence-corrected chi connectivity index (χ4v) is 6.21. The second-order valence-electron chi connectivity index (χ2n) is 12.0. The molecular weight excluding hydrogens is 538 g/mol. The molecule has 3 aliphatic heterocycles. The van der Waals surface area contributed by atoms with Crippen molar-refractivity contribution in [2.75, 3.05) is 25.1 Å². The first-order valence-corrected chi connectivity index (χ1v) is 14.4. The molecule has 5 aromatic rings. The van der Waals surface area contributed by atoms with E-state index in [0.29, 0.717) is 23.5 Å². The Bertz CT molecular complexity index is 1810. The van der Waals surface area contributed by atoms with Gasteiger partial charge in [0, 0.05) is 84.8 Å². The number of nitrogens with two attached hydrogens (primary N) is 1. The molecule has 0 saturated carbocycles. The summed E-state index contributed by atoms with van der Waals surface area (Å²) in [5.41, 5.74) is 12.7. The molecule has 3 aliphatic rings. The molecule has 0 amide bonds. The van der Waals surface area contributed by atoms with Crippen LogP contribution in [0.25, 0.3) is 27.9 Å². The van der Waals surface area contributed by atoms with Gasteiger partial charge in [-0.25, -0.2) is 14.5 Å². The van der Waals surface area contributed by atoms with Crippen molar-refractivity contribution in [3.05, 3.63) is 90.1 Å². The molecule has 5 aromatic heterocycles. The number of ether oxygens (including phenoxy) is 1. The molecule has 8 heterocycles. The van der Waals surface area contributed by atoms with Gasteiger partial charge >= 0.3 is 0 Å². The number of pyridine rings is 4. The van der Waals surface area contributed by atoms with E-state index in [-0.39, 0.29) is 0 Å². The number of nitrogens with zero attached hydrogens (tertiary/aromatic N) is 8. The van der Waals surface area contributed by atoms with E-state index >= 15 is 0 Å². The lowest BCUT2D eigenvalue weighted by Crippen LogP contribution is -2.68. The molecule has 216 valence electrons. The topological polar surface area (TPSA) is 121 Å². The molecule has 10 nitrogen and oxygen atoms in total. The van der Waals surface area contributed by atoms with Crippen LogP contribution in [0.3, 0.4) is 0 Å². The second-order valence-corrected chi connectivity index (χ2v) is 12.0. The Balaban J connectivity index is 1.13. The molecule has 3 fully saturated rings. The zero-order valence-electron chi connectivity index (χ0n) is 24.5. The summed E-state index contributed by atoms with van der Waals surface area (Å²) >= 11 is 0. The summed E-state index contributed by atoms with van der Waals surface area (Å²) in [6.07, 6.45) is 10.3. The zero-order valence-corrected chi connectivity index (χ0v) is 24.5. The maximum absolute atomic E-state index is 9.81. The van der Waals surface area contributed by atoms with Crippen molar-refractivity contribution in [1.82, 2.24) is 29.5 Å². The van der Waals surface area contributed by atoms with Gasteiger partial charge in [-0.1, -0.05) is 12.1 Å². The quantitative estimate of drug-likeness (QED) is 0.303. The zero-order chi connectivity index (χ0) is 29.7. The lowest BCUT2D eigenvalue weighted by Gasteiger charge is -2.56. The first-order valence-electron chi connectivity index (χ1n) is 14.4. The molecule has 10 heteroatoms. The number of aromatic nitrogens is 5. The maximum Gasteiger partial charge on any atom is 0.212 e. The van der Waals surface area contributed by atoms with Gasteiger partial charge in [-0.05, 0) is 55.7 Å². The summed E-state index contributed by atoms with van der Waals surface area (Å²) < 4.78 is 6.95. The Labute approximate surface area is 250 Å². The monoisotopic (exact) mass is 571 g/mol. The van der Waals surface area contributed by atoms with Crippen LogP contribution in [0.1, 0.15) is 37.0 Å². The van der Waals surface area contributed by atoms with Crippen molar-refractivity contribution in [3.63, 3.8) is 0 Å². The van der Waals surface area contributed by atoms with Crippen molar-refractivity contribution in [2.24, 2.45) is 5.73 Å². The van der Waals surface area contributed by atoms with E-state index in [1.807, 2.05) is 56.8 Å². The van der Waals surface area contributed by atoms with E-state index in [9.17, 15) is 5.26 Å². The number of rotatable bonds is 7. The third-order valence-electron chi connectivity index (χ3n) is 8.63. The Hall–Kier alpha value is -4.85. The Morgan fingerprint density at radius 2 is 1.81 bits per heavy atom. The standard InChI is InChI=1S/C33H33N9O/c1-33(2,35)25-6-7-29(36-16-25)23-10-28(32-24(12-34)15-39-42(32)18-23)22-5-8-30(37-14-22)40-19-26-11-27(20-40)41(26)17-21-4-9-31(43-3)38-13-21/h4-10,13-16,18,26-27H,11,17,19-20,35H2,1-3H3. The lowest BCUT2D eigenvalue weighted by molar-refractivity contribution is -0.00876. The highest BCUT2D eigenvalue weighted by atomic mass is 16.5. The van der Waals surface area contributed by atoms with Crippen LogP contribution in [0.4, 0.5) is 5.82 Å². The number of piperazine rings is 1. The van der Waals surface area contributed by atoms with E-state index < -0.39 is 5.54 Å². The van der Waals surface area contributed by atoms with E-state index in [1.165, 1.54) is 12.0 Å². The third kappa shape index (κ3) is 4.96. The van der Waals surface area contributed by atoms with Gasteiger partial charge in [-0.15, -0.1) is 0 Å². The van der Waals surface area contributed by atoms with Gasteiger partial charge in [0.15, 0.2) is 0 Å². The van der Waals surface area contributed by atoms with Gasteiger partial charge in [0.25, 0.3) is 0 Å².